The Balaban J connectivity index is 2.28. The number of aryl methyl sites for hydroxylation is 1. The minimum absolute atomic E-state index is 0.0418. The van der Waals surface area contributed by atoms with Gasteiger partial charge in [-0.1, -0.05) is 43.6 Å². The number of aromatic hydroxyl groups is 1. The maximum Gasteiger partial charge on any atom is 0.339 e. The molecule has 2 N–H and O–H groups in total. The van der Waals surface area contributed by atoms with Crippen LogP contribution in [0, 0.1) is 5.92 Å². The van der Waals surface area contributed by atoms with Gasteiger partial charge in [0.15, 0.2) is 0 Å². The number of carbonyl (C=O) groups excluding carboxylic acids is 1. The molecule has 242 valence electrons. The zero-order chi connectivity index (χ0) is 32.4. The lowest BCUT2D eigenvalue weighted by molar-refractivity contribution is -0.145. The van der Waals surface area contributed by atoms with Crippen LogP contribution in [-0.2, 0) is 25.4 Å². The molecule has 1 aliphatic carbocycles. The highest BCUT2D eigenvalue weighted by Gasteiger charge is 2.34. The van der Waals surface area contributed by atoms with Crippen LogP contribution >= 0.6 is 0 Å². The predicted molar refractivity (Wildman–Crippen MR) is 169 cm³/mol. The Labute approximate surface area is 258 Å². The van der Waals surface area contributed by atoms with Crippen molar-refractivity contribution in [1.82, 2.24) is 0 Å². The van der Waals surface area contributed by atoms with E-state index >= 15 is 0 Å². The van der Waals surface area contributed by atoms with E-state index in [-0.39, 0.29) is 48.8 Å². The van der Waals surface area contributed by atoms with Crippen LogP contribution in [0.1, 0.15) is 121 Å². The van der Waals surface area contributed by atoms with E-state index in [1.165, 1.54) is 12.7 Å². The standard InChI is InChI=1S/C35H54O8/c1-10-11-12-13-25-21-28(41-18-19-42-35(7,8)22-43-34(5,6)17-16-29(36)40-9)31(32(37)30(25)33(38)39)27-20-24(4)14-15-26(27)23(2)3/h20-21,26-27,37H,2,10-19,22H2,1,3-9H3,(H,38,39). The molecule has 0 fully saturated rings. The van der Waals surface area contributed by atoms with E-state index in [0.29, 0.717) is 36.3 Å². The van der Waals surface area contributed by atoms with Gasteiger partial charge in [0.25, 0.3) is 0 Å². The Morgan fingerprint density at radius 2 is 1.79 bits per heavy atom. The molecule has 0 saturated heterocycles. The van der Waals surface area contributed by atoms with Crippen LogP contribution in [0.4, 0.5) is 0 Å². The van der Waals surface area contributed by atoms with Crippen LogP contribution in [0.3, 0.4) is 0 Å². The number of carboxylic acid groups (broad SMARTS) is 1. The first-order valence-electron chi connectivity index (χ1n) is 15.5. The van der Waals surface area contributed by atoms with E-state index in [4.69, 9.17) is 18.9 Å². The number of hydrogen-bond donors (Lipinski definition) is 2. The molecule has 1 aromatic rings. The molecule has 8 heteroatoms. The molecule has 0 saturated carbocycles. The first-order chi connectivity index (χ1) is 20.1. The number of unbranched alkanes of at least 4 members (excludes halogenated alkanes) is 2. The van der Waals surface area contributed by atoms with E-state index in [2.05, 4.69) is 26.5 Å². The lowest BCUT2D eigenvalue weighted by Crippen LogP contribution is -2.37. The summed E-state index contributed by atoms with van der Waals surface area (Å²) in [6.45, 7) is 18.8. The second kappa shape index (κ2) is 16.3. The Hall–Kier alpha value is -2.84. The van der Waals surface area contributed by atoms with Gasteiger partial charge in [-0.25, -0.2) is 4.79 Å². The second-order valence-electron chi connectivity index (χ2n) is 13.0. The van der Waals surface area contributed by atoms with Crippen molar-refractivity contribution in [3.63, 3.8) is 0 Å². The normalized spacial score (nSPS) is 17.3. The Bertz CT molecular complexity index is 1150. The van der Waals surface area contributed by atoms with Crippen molar-refractivity contribution in [1.29, 1.82) is 0 Å². The molecule has 1 aromatic carbocycles. The first-order valence-corrected chi connectivity index (χ1v) is 15.5. The van der Waals surface area contributed by atoms with E-state index in [1.54, 1.807) is 6.07 Å². The molecular weight excluding hydrogens is 548 g/mol. The average molecular weight is 603 g/mol. The summed E-state index contributed by atoms with van der Waals surface area (Å²) in [7, 11) is 1.37. The van der Waals surface area contributed by atoms with Gasteiger partial charge in [0.1, 0.15) is 23.7 Å². The molecule has 8 nitrogen and oxygen atoms in total. The van der Waals surface area contributed by atoms with Crippen LogP contribution < -0.4 is 4.74 Å². The number of allylic oxidation sites excluding steroid dienone is 3. The summed E-state index contributed by atoms with van der Waals surface area (Å²) in [5.74, 6) is -1.34. The van der Waals surface area contributed by atoms with Crippen LogP contribution in [0.5, 0.6) is 11.5 Å². The molecular formula is C35H54O8. The molecule has 0 spiro atoms. The molecule has 2 unspecified atom stereocenters. The topological polar surface area (TPSA) is 112 Å². The molecule has 0 aromatic heterocycles. The number of aromatic carboxylic acids is 1. The number of carbonyl (C=O) groups is 2. The molecule has 2 atom stereocenters. The van der Waals surface area contributed by atoms with Gasteiger partial charge in [-0.05, 0) is 91.2 Å². The van der Waals surface area contributed by atoms with Crippen molar-refractivity contribution >= 4 is 11.9 Å². The Morgan fingerprint density at radius 3 is 2.40 bits per heavy atom. The Kier molecular flexibility index (Phi) is 13.8. The Morgan fingerprint density at radius 1 is 1.09 bits per heavy atom. The van der Waals surface area contributed by atoms with Crippen molar-refractivity contribution in [2.75, 3.05) is 26.9 Å². The molecule has 0 bridgehead atoms. The van der Waals surface area contributed by atoms with Crippen molar-refractivity contribution in [3.05, 3.63) is 46.6 Å². The highest BCUT2D eigenvalue weighted by molar-refractivity contribution is 5.94. The number of esters is 1. The molecule has 43 heavy (non-hydrogen) atoms. The van der Waals surface area contributed by atoms with Crippen LogP contribution in [0.25, 0.3) is 0 Å². The summed E-state index contributed by atoms with van der Waals surface area (Å²) < 4.78 is 23.3. The average Bonchev–Trinajstić information content (AvgIpc) is 2.93. The summed E-state index contributed by atoms with van der Waals surface area (Å²) in [6.07, 6.45) is 8.04. The van der Waals surface area contributed by atoms with Crippen LogP contribution in [-0.4, -0.2) is 60.3 Å². The smallest absolute Gasteiger partial charge is 0.339 e. The predicted octanol–water partition coefficient (Wildman–Crippen LogP) is 7.76. The van der Waals surface area contributed by atoms with Gasteiger partial charge < -0.3 is 29.2 Å². The highest BCUT2D eigenvalue weighted by Crippen LogP contribution is 2.48. The van der Waals surface area contributed by atoms with E-state index in [9.17, 15) is 19.8 Å². The fourth-order valence-corrected chi connectivity index (χ4v) is 5.52. The molecule has 0 aliphatic heterocycles. The minimum atomic E-state index is -1.14. The van der Waals surface area contributed by atoms with Gasteiger partial charge in [-0.15, -0.1) is 0 Å². The van der Waals surface area contributed by atoms with E-state index in [1.807, 2.05) is 34.6 Å². The fraction of sp³-hybridized carbons (Fsp3) is 0.657. The van der Waals surface area contributed by atoms with Gasteiger partial charge in [-0.2, -0.15) is 0 Å². The number of ether oxygens (including phenoxy) is 4. The maximum absolute atomic E-state index is 12.4. The van der Waals surface area contributed by atoms with Crippen molar-refractivity contribution in [2.45, 2.75) is 117 Å². The van der Waals surface area contributed by atoms with Crippen LogP contribution in [0.15, 0.2) is 29.9 Å². The molecule has 0 heterocycles. The lowest BCUT2D eigenvalue weighted by Gasteiger charge is -2.33. The number of carboxylic acids is 1. The minimum Gasteiger partial charge on any atom is -0.507 e. The number of rotatable bonds is 18. The fourth-order valence-electron chi connectivity index (χ4n) is 5.52. The third-order valence-electron chi connectivity index (χ3n) is 8.16. The second-order valence-corrected chi connectivity index (χ2v) is 13.0. The highest BCUT2D eigenvalue weighted by atomic mass is 16.6. The third-order valence-corrected chi connectivity index (χ3v) is 8.16. The molecule has 0 amide bonds. The lowest BCUT2D eigenvalue weighted by atomic mass is 9.73. The summed E-state index contributed by atoms with van der Waals surface area (Å²) in [6, 6.07) is 1.81. The van der Waals surface area contributed by atoms with Gasteiger partial charge in [0.05, 0.1) is 31.5 Å². The van der Waals surface area contributed by atoms with E-state index in [0.717, 1.165) is 37.7 Å². The number of hydrogen-bond acceptors (Lipinski definition) is 7. The summed E-state index contributed by atoms with van der Waals surface area (Å²) in [4.78, 5) is 23.9. The van der Waals surface area contributed by atoms with Gasteiger partial charge in [0.2, 0.25) is 0 Å². The van der Waals surface area contributed by atoms with Gasteiger partial charge in [-0.3, -0.25) is 4.79 Å². The van der Waals surface area contributed by atoms with Crippen molar-refractivity contribution in [2.24, 2.45) is 5.92 Å². The number of methoxy groups -OCH3 is 1. The largest absolute Gasteiger partial charge is 0.507 e. The number of phenols is 1. The van der Waals surface area contributed by atoms with Gasteiger partial charge in [0, 0.05) is 17.9 Å². The zero-order valence-electron chi connectivity index (χ0n) is 27.6. The monoisotopic (exact) mass is 602 g/mol. The quantitative estimate of drug-likeness (QED) is 0.0996. The maximum atomic E-state index is 12.4. The SMILES string of the molecule is C=C(C)C1CCC(C)=CC1c1c(OCCOC(C)(C)COC(C)(C)CCC(=O)OC)cc(CCCCC)c(C(=O)O)c1O. The molecule has 1 aliphatic rings. The first kappa shape index (κ1) is 36.4. The van der Waals surface area contributed by atoms with E-state index < -0.39 is 17.2 Å². The zero-order valence-corrected chi connectivity index (χ0v) is 27.6. The molecule has 2 rings (SSSR count). The van der Waals surface area contributed by atoms with Crippen molar-refractivity contribution in [3.8, 4) is 11.5 Å². The summed E-state index contributed by atoms with van der Waals surface area (Å²) in [5, 5.41) is 21.7. The summed E-state index contributed by atoms with van der Waals surface area (Å²) >= 11 is 0. The van der Waals surface area contributed by atoms with Crippen molar-refractivity contribution < 1.29 is 38.7 Å². The summed E-state index contributed by atoms with van der Waals surface area (Å²) in [5.41, 5.74) is 2.06. The van der Waals surface area contributed by atoms with Gasteiger partial charge >= 0.3 is 11.9 Å². The van der Waals surface area contributed by atoms with Crippen LogP contribution in [0.2, 0.25) is 0 Å². The number of benzene rings is 1. The molecule has 0 radical (unpaired) electrons. The third kappa shape index (κ3) is 11.0.